The molecular weight excluding hydrogens is 488 g/mol. The molecule has 1 saturated heterocycles. The second-order valence-electron chi connectivity index (χ2n) is 11.3. The minimum Gasteiger partial charge on any atom is -0.488 e. The van der Waals surface area contributed by atoms with Crippen LogP contribution in [-0.4, -0.2) is 47.6 Å². The third-order valence-electron chi connectivity index (χ3n) is 7.56. The topological polar surface area (TPSA) is 60.4 Å². The second kappa shape index (κ2) is 9.17. The van der Waals surface area contributed by atoms with E-state index < -0.39 is 5.60 Å². The van der Waals surface area contributed by atoms with Gasteiger partial charge in [0.1, 0.15) is 18.0 Å². The quantitative estimate of drug-likeness (QED) is 0.445. The molecule has 6 nitrogen and oxygen atoms in total. The number of likely N-dealkylation sites (tertiary alicyclic amines) is 1. The van der Waals surface area contributed by atoms with Crippen molar-refractivity contribution in [2.75, 3.05) is 13.2 Å². The monoisotopic (exact) mass is 520 g/mol. The number of nitrogens with zero attached hydrogens (tertiary/aromatic N) is 2. The smallest absolute Gasteiger partial charge is 0.410 e. The van der Waals surface area contributed by atoms with Crippen molar-refractivity contribution in [3.05, 3.63) is 57.7 Å². The van der Waals surface area contributed by atoms with Crippen molar-refractivity contribution in [2.24, 2.45) is 4.99 Å². The van der Waals surface area contributed by atoms with Gasteiger partial charge in [-0.3, -0.25) is 9.89 Å². The Balaban J connectivity index is 1.28. The summed E-state index contributed by atoms with van der Waals surface area (Å²) in [5.41, 5.74) is 8.86. The Hall–Kier alpha value is -2.83. The van der Waals surface area contributed by atoms with E-state index in [1.165, 1.54) is 22.3 Å². The third kappa shape index (κ3) is 4.55. The van der Waals surface area contributed by atoms with Gasteiger partial charge in [-0.2, -0.15) is 0 Å². The number of halogens is 1. The van der Waals surface area contributed by atoms with Gasteiger partial charge in [-0.05, 0) is 92.6 Å². The Morgan fingerprint density at radius 2 is 1.97 bits per heavy atom. The fourth-order valence-corrected chi connectivity index (χ4v) is 6.20. The SMILES string of the molecule is CCO[C@H]1C[C@@H](C2=NC3=C(C2)c2cc4c(cc2CC3)-c2ccc(Cl)cc2CO4)N(C(=O)OC(C)(C)C)C1. The maximum Gasteiger partial charge on any atom is 0.410 e. The summed E-state index contributed by atoms with van der Waals surface area (Å²) in [5.74, 6) is 0.906. The Kier molecular flexibility index (Phi) is 6.08. The van der Waals surface area contributed by atoms with Crippen LogP contribution >= 0.6 is 11.6 Å². The highest BCUT2D eigenvalue weighted by molar-refractivity contribution is 6.30. The number of benzene rings is 2. The molecule has 0 spiro atoms. The molecule has 0 radical (unpaired) electrons. The predicted molar refractivity (Wildman–Crippen MR) is 145 cm³/mol. The van der Waals surface area contributed by atoms with Gasteiger partial charge < -0.3 is 14.2 Å². The molecule has 3 heterocycles. The molecule has 37 heavy (non-hydrogen) atoms. The van der Waals surface area contributed by atoms with Crippen LogP contribution in [0.15, 0.2) is 41.0 Å². The highest BCUT2D eigenvalue weighted by Crippen LogP contribution is 2.46. The van der Waals surface area contributed by atoms with Crippen LogP contribution in [0, 0.1) is 0 Å². The maximum absolute atomic E-state index is 13.1. The van der Waals surface area contributed by atoms with Gasteiger partial charge in [0.05, 0.1) is 18.7 Å². The van der Waals surface area contributed by atoms with Gasteiger partial charge in [0.15, 0.2) is 0 Å². The van der Waals surface area contributed by atoms with Crippen LogP contribution in [0.4, 0.5) is 4.79 Å². The molecule has 0 saturated carbocycles. The van der Waals surface area contributed by atoms with Crippen LogP contribution in [0.5, 0.6) is 5.75 Å². The van der Waals surface area contributed by atoms with E-state index in [4.69, 9.17) is 30.8 Å². The number of hydrogen-bond donors (Lipinski definition) is 0. The molecule has 0 bridgehead atoms. The molecule has 194 valence electrons. The molecule has 4 aliphatic rings. The van der Waals surface area contributed by atoms with Crippen LogP contribution in [0.2, 0.25) is 5.02 Å². The highest BCUT2D eigenvalue weighted by Gasteiger charge is 2.42. The number of allylic oxidation sites excluding steroid dienone is 2. The maximum atomic E-state index is 13.1. The molecule has 0 N–H and O–H groups in total. The van der Waals surface area contributed by atoms with E-state index in [-0.39, 0.29) is 18.2 Å². The first-order chi connectivity index (χ1) is 17.7. The van der Waals surface area contributed by atoms with Crippen molar-refractivity contribution in [1.29, 1.82) is 0 Å². The van der Waals surface area contributed by atoms with Gasteiger partial charge >= 0.3 is 6.09 Å². The lowest BCUT2D eigenvalue weighted by Gasteiger charge is -2.28. The third-order valence-corrected chi connectivity index (χ3v) is 7.80. The molecule has 0 unspecified atom stereocenters. The number of amides is 1. The summed E-state index contributed by atoms with van der Waals surface area (Å²) in [6, 6.07) is 10.4. The van der Waals surface area contributed by atoms with Crippen LogP contribution < -0.4 is 4.74 Å². The van der Waals surface area contributed by atoms with Gasteiger partial charge in [0, 0.05) is 41.4 Å². The van der Waals surface area contributed by atoms with E-state index in [0.29, 0.717) is 19.8 Å². The molecule has 1 aliphatic carbocycles. The zero-order chi connectivity index (χ0) is 25.9. The molecule has 1 fully saturated rings. The number of carbonyl (C=O) groups is 1. The number of aryl methyl sites for hydroxylation is 1. The highest BCUT2D eigenvalue weighted by atomic mass is 35.5. The van der Waals surface area contributed by atoms with Gasteiger partial charge in [-0.25, -0.2) is 4.79 Å². The summed E-state index contributed by atoms with van der Waals surface area (Å²) < 4.78 is 17.9. The van der Waals surface area contributed by atoms with E-state index in [9.17, 15) is 4.79 Å². The van der Waals surface area contributed by atoms with Crippen molar-refractivity contribution >= 4 is 29.0 Å². The van der Waals surface area contributed by atoms with Crippen LogP contribution in [-0.2, 0) is 22.5 Å². The number of carbonyl (C=O) groups excluding carboxylic acids is 1. The van der Waals surface area contributed by atoms with Gasteiger partial charge in [0.2, 0.25) is 0 Å². The number of ether oxygens (including phenoxy) is 3. The summed E-state index contributed by atoms with van der Waals surface area (Å²) in [6.45, 7) is 9.35. The van der Waals surface area contributed by atoms with E-state index in [1.54, 1.807) is 0 Å². The predicted octanol–water partition coefficient (Wildman–Crippen LogP) is 6.82. The van der Waals surface area contributed by atoms with Gasteiger partial charge in [0.25, 0.3) is 0 Å². The summed E-state index contributed by atoms with van der Waals surface area (Å²) in [5, 5.41) is 0.730. The molecule has 7 heteroatoms. The lowest BCUT2D eigenvalue weighted by atomic mass is 9.84. The van der Waals surface area contributed by atoms with E-state index in [1.807, 2.05) is 44.7 Å². The molecular formula is C30H33ClN2O4. The fraction of sp³-hybridized carbons (Fsp3) is 0.467. The summed E-state index contributed by atoms with van der Waals surface area (Å²) in [6.07, 6.45) is 3.00. The minimum atomic E-state index is -0.553. The van der Waals surface area contributed by atoms with Crippen molar-refractivity contribution in [1.82, 2.24) is 4.90 Å². The lowest BCUT2D eigenvalue weighted by Crippen LogP contribution is -2.43. The average molecular weight is 521 g/mol. The Bertz CT molecular complexity index is 1340. The molecule has 1 amide bonds. The molecule has 3 aliphatic heterocycles. The normalized spacial score (nSPS) is 22.1. The van der Waals surface area contributed by atoms with Crippen LogP contribution in [0.1, 0.15) is 63.6 Å². The first-order valence-corrected chi connectivity index (χ1v) is 13.6. The lowest BCUT2D eigenvalue weighted by molar-refractivity contribution is 0.0203. The molecule has 2 aromatic rings. The standard InChI is InChI=1S/C30H33ClN2O4/c1-5-35-20-12-27(33(15-20)29(34)37-30(2,3)4)26-13-23-22-14-28-24(11-17(22)6-9-25(23)32-26)21-8-7-19(31)10-18(21)16-36-28/h7-8,10-11,14,20,27H,5-6,9,12-13,15-16H2,1-4H3/t20-,27-/m0/s1. The van der Waals surface area contributed by atoms with Crippen molar-refractivity contribution in [2.45, 2.75) is 77.7 Å². The Morgan fingerprint density at radius 1 is 1.14 bits per heavy atom. The van der Waals surface area contributed by atoms with Gasteiger partial charge in [-0.15, -0.1) is 0 Å². The second-order valence-corrected chi connectivity index (χ2v) is 11.7. The number of rotatable bonds is 3. The number of fused-ring (bicyclic) bond motifs is 5. The van der Waals surface area contributed by atoms with Crippen molar-refractivity contribution in [3.8, 4) is 16.9 Å². The van der Waals surface area contributed by atoms with Crippen molar-refractivity contribution in [3.63, 3.8) is 0 Å². The summed E-state index contributed by atoms with van der Waals surface area (Å²) in [7, 11) is 0. The first kappa shape index (κ1) is 24.5. The molecule has 2 atom stereocenters. The average Bonchev–Trinajstić information content (AvgIpc) is 3.46. The first-order valence-electron chi connectivity index (χ1n) is 13.2. The van der Waals surface area contributed by atoms with E-state index in [0.717, 1.165) is 59.0 Å². The molecule has 6 rings (SSSR count). The van der Waals surface area contributed by atoms with Gasteiger partial charge in [-0.1, -0.05) is 17.7 Å². The zero-order valence-corrected chi connectivity index (χ0v) is 22.7. The minimum absolute atomic E-state index is 0.0101. The number of hydrogen-bond acceptors (Lipinski definition) is 5. The Labute approximate surface area is 223 Å². The molecule has 2 aromatic carbocycles. The Morgan fingerprint density at radius 3 is 2.76 bits per heavy atom. The van der Waals surface area contributed by atoms with Crippen LogP contribution in [0.3, 0.4) is 0 Å². The van der Waals surface area contributed by atoms with E-state index in [2.05, 4.69) is 18.2 Å². The fourth-order valence-electron chi connectivity index (χ4n) is 6.00. The summed E-state index contributed by atoms with van der Waals surface area (Å²) in [4.78, 5) is 20.1. The van der Waals surface area contributed by atoms with Crippen molar-refractivity contribution < 1.29 is 19.0 Å². The summed E-state index contributed by atoms with van der Waals surface area (Å²) >= 11 is 6.22. The van der Waals surface area contributed by atoms with Crippen LogP contribution in [0.25, 0.3) is 16.7 Å². The molecule has 0 aromatic heterocycles. The van der Waals surface area contributed by atoms with E-state index >= 15 is 0 Å². The number of aliphatic imine (C=N–C) groups is 1. The largest absolute Gasteiger partial charge is 0.488 e. The zero-order valence-electron chi connectivity index (χ0n) is 21.9.